The van der Waals surface area contributed by atoms with Crippen LogP contribution in [0.2, 0.25) is 0 Å². The average molecular weight is 307 g/mol. The molecule has 1 aromatic rings. The number of aliphatic hydroxyl groups excluding tert-OH is 1. The summed E-state index contributed by atoms with van der Waals surface area (Å²) in [5.41, 5.74) is 0.180. The van der Waals surface area contributed by atoms with Crippen LogP contribution in [-0.2, 0) is 6.54 Å². The number of nitrogens with one attached hydrogen (secondary N) is 1. The van der Waals surface area contributed by atoms with Crippen molar-refractivity contribution in [2.24, 2.45) is 5.41 Å². The Labute approximate surface area is 97.0 Å². The Morgan fingerprint density at radius 3 is 2.79 bits per heavy atom. The first-order valence-corrected chi connectivity index (χ1v) is 5.88. The van der Waals surface area contributed by atoms with Crippen molar-refractivity contribution in [3.8, 4) is 0 Å². The van der Waals surface area contributed by atoms with Crippen LogP contribution >= 0.6 is 22.6 Å². The molecule has 1 heterocycles. The molecule has 2 rings (SSSR count). The van der Waals surface area contributed by atoms with Gasteiger partial charge in [0, 0.05) is 18.6 Å². The SMILES string of the molecule is OCC1(CNCc2ccc(I)o2)CC1. The molecule has 78 valence electrons. The van der Waals surface area contributed by atoms with Crippen molar-refractivity contribution in [1.82, 2.24) is 5.32 Å². The molecule has 0 unspecified atom stereocenters. The van der Waals surface area contributed by atoms with Gasteiger partial charge in [0.1, 0.15) is 5.76 Å². The van der Waals surface area contributed by atoms with Crippen LogP contribution in [0, 0.1) is 9.18 Å². The predicted octanol–water partition coefficient (Wildman–Crippen LogP) is 1.75. The molecule has 0 spiro atoms. The highest BCUT2D eigenvalue weighted by Gasteiger charge is 2.41. The lowest BCUT2D eigenvalue weighted by Crippen LogP contribution is -2.25. The van der Waals surface area contributed by atoms with Gasteiger partial charge in [-0.25, -0.2) is 0 Å². The highest BCUT2D eigenvalue weighted by molar-refractivity contribution is 14.1. The van der Waals surface area contributed by atoms with E-state index in [1.54, 1.807) is 0 Å². The van der Waals surface area contributed by atoms with E-state index in [1.165, 1.54) is 0 Å². The van der Waals surface area contributed by atoms with E-state index in [4.69, 9.17) is 9.52 Å². The smallest absolute Gasteiger partial charge is 0.164 e. The normalized spacial score (nSPS) is 18.4. The van der Waals surface area contributed by atoms with Crippen LogP contribution in [0.15, 0.2) is 16.5 Å². The fourth-order valence-corrected chi connectivity index (χ4v) is 1.93. The van der Waals surface area contributed by atoms with E-state index in [1.807, 2.05) is 12.1 Å². The summed E-state index contributed by atoms with van der Waals surface area (Å²) in [6, 6.07) is 3.93. The predicted molar refractivity (Wildman–Crippen MR) is 61.9 cm³/mol. The summed E-state index contributed by atoms with van der Waals surface area (Å²) < 4.78 is 6.33. The van der Waals surface area contributed by atoms with Gasteiger partial charge in [0.25, 0.3) is 0 Å². The lowest BCUT2D eigenvalue weighted by atomic mass is 10.1. The van der Waals surface area contributed by atoms with Gasteiger partial charge in [-0.2, -0.15) is 0 Å². The second kappa shape index (κ2) is 4.20. The van der Waals surface area contributed by atoms with Gasteiger partial charge in [0.2, 0.25) is 0 Å². The van der Waals surface area contributed by atoms with E-state index >= 15 is 0 Å². The second-order valence-electron chi connectivity index (χ2n) is 3.97. The number of hydrogen-bond acceptors (Lipinski definition) is 3. The van der Waals surface area contributed by atoms with Crippen LogP contribution in [-0.4, -0.2) is 18.3 Å². The summed E-state index contributed by atoms with van der Waals surface area (Å²) in [7, 11) is 0. The summed E-state index contributed by atoms with van der Waals surface area (Å²) in [5.74, 6) is 0.961. The summed E-state index contributed by atoms with van der Waals surface area (Å²) in [5, 5.41) is 12.4. The Morgan fingerprint density at radius 2 is 2.29 bits per heavy atom. The maximum Gasteiger partial charge on any atom is 0.164 e. The van der Waals surface area contributed by atoms with Crippen LogP contribution in [0.25, 0.3) is 0 Å². The highest BCUT2D eigenvalue weighted by atomic mass is 127. The molecule has 4 heteroatoms. The van der Waals surface area contributed by atoms with Crippen molar-refractivity contribution in [2.75, 3.05) is 13.2 Å². The molecule has 3 nitrogen and oxygen atoms in total. The first-order chi connectivity index (χ1) is 6.74. The minimum absolute atomic E-state index is 0.180. The zero-order chi connectivity index (χ0) is 10.0. The maximum atomic E-state index is 9.09. The number of furan rings is 1. The van der Waals surface area contributed by atoms with E-state index in [-0.39, 0.29) is 5.41 Å². The Morgan fingerprint density at radius 1 is 1.50 bits per heavy atom. The Hall–Kier alpha value is -0.0700. The summed E-state index contributed by atoms with van der Waals surface area (Å²) in [4.78, 5) is 0. The van der Waals surface area contributed by atoms with Gasteiger partial charge in [0.15, 0.2) is 3.77 Å². The molecule has 0 aliphatic heterocycles. The van der Waals surface area contributed by atoms with Crippen molar-refractivity contribution in [2.45, 2.75) is 19.4 Å². The molecule has 1 aliphatic carbocycles. The summed E-state index contributed by atoms with van der Waals surface area (Å²) in [6.45, 7) is 1.95. The largest absolute Gasteiger partial charge is 0.454 e. The third-order valence-electron chi connectivity index (χ3n) is 2.72. The van der Waals surface area contributed by atoms with Gasteiger partial charge in [-0.1, -0.05) is 0 Å². The lowest BCUT2D eigenvalue weighted by molar-refractivity contribution is 0.206. The molecule has 1 aromatic heterocycles. The van der Waals surface area contributed by atoms with Crippen LogP contribution < -0.4 is 5.32 Å². The van der Waals surface area contributed by atoms with Crippen molar-refractivity contribution >= 4 is 22.6 Å². The van der Waals surface area contributed by atoms with Crippen molar-refractivity contribution in [1.29, 1.82) is 0 Å². The van der Waals surface area contributed by atoms with Crippen LogP contribution in [0.1, 0.15) is 18.6 Å². The molecular formula is C10H14INO2. The van der Waals surface area contributed by atoms with Gasteiger partial charge in [0.05, 0.1) is 6.54 Å². The van der Waals surface area contributed by atoms with E-state index < -0.39 is 0 Å². The van der Waals surface area contributed by atoms with Crippen LogP contribution in [0.4, 0.5) is 0 Å². The van der Waals surface area contributed by atoms with Crippen molar-refractivity contribution in [3.63, 3.8) is 0 Å². The molecule has 0 atom stereocenters. The van der Waals surface area contributed by atoms with Crippen LogP contribution in [0.3, 0.4) is 0 Å². The van der Waals surface area contributed by atoms with E-state index in [9.17, 15) is 0 Å². The number of halogens is 1. The van der Waals surface area contributed by atoms with E-state index in [2.05, 4.69) is 27.9 Å². The molecule has 0 saturated heterocycles. The van der Waals surface area contributed by atoms with Crippen LogP contribution in [0.5, 0.6) is 0 Å². The molecular weight excluding hydrogens is 293 g/mol. The zero-order valence-corrected chi connectivity index (χ0v) is 10.1. The molecule has 1 saturated carbocycles. The van der Waals surface area contributed by atoms with E-state index in [0.717, 1.165) is 35.5 Å². The number of aliphatic hydroxyl groups is 1. The molecule has 1 aliphatic rings. The quantitative estimate of drug-likeness (QED) is 0.815. The van der Waals surface area contributed by atoms with Gasteiger partial charge in [-0.05, 0) is 47.6 Å². The summed E-state index contributed by atoms with van der Waals surface area (Å²) in [6.07, 6.45) is 2.29. The van der Waals surface area contributed by atoms with Gasteiger partial charge in [-0.15, -0.1) is 0 Å². The zero-order valence-electron chi connectivity index (χ0n) is 7.92. The molecule has 0 radical (unpaired) electrons. The Balaban J connectivity index is 1.73. The Bertz CT molecular complexity index is 307. The number of rotatable bonds is 5. The molecule has 1 fully saturated rings. The number of hydrogen-bond donors (Lipinski definition) is 2. The highest BCUT2D eigenvalue weighted by Crippen LogP contribution is 2.44. The molecule has 0 bridgehead atoms. The first-order valence-electron chi connectivity index (χ1n) is 4.80. The third-order valence-corrected chi connectivity index (χ3v) is 3.30. The van der Waals surface area contributed by atoms with Gasteiger partial charge < -0.3 is 14.8 Å². The lowest BCUT2D eigenvalue weighted by Gasteiger charge is -2.11. The molecule has 0 amide bonds. The fraction of sp³-hybridized carbons (Fsp3) is 0.600. The maximum absolute atomic E-state index is 9.09. The monoisotopic (exact) mass is 307 g/mol. The first kappa shape index (κ1) is 10.4. The van der Waals surface area contributed by atoms with Gasteiger partial charge >= 0.3 is 0 Å². The molecule has 0 aromatic carbocycles. The minimum Gasteiger partial charge on any atom is -0.454 e. The van der Waals surface area contributed by atoms with Crippen molar-refractivity contribution in [3.05, 3.63) is 21.7 Å². The average Bonchev–Trinajstić information content (AvgIpc) is 2.84. The second-order valence-corrected chi connectivity index (χ2v) is 5.03. The summed E-state index contributed by atoms with van der Waals surface area (Å²) >= 11 is 2.15. The van der Waals surface area contributed by atoms with Crippen molar-refractivity contribution < 1.29 is 9.52 Å². The van der Waals surface area contributed by atoms with E-state index in [0.29, 0.717) is 6.61 Å². The standard InChI is InChI=1S/C10H14INO2/c11-9-2-1-8(14-9)5-12-6-10(7-13)3-4-10/h1-2,12-13H,3-7H2. The topological polar surface area (TPSA) is 45.4 Å². The van der Waals surface area contributed by atoms with Gasteiger partial charge in [-0.3, -0.25) is 0 Å². The third kappa shape index (κ3) is 2.49. The fourth-order valence-electron chi connectivity index (χ4n) is 1.47. The molecule has 14 heavy (non-hydrogen) atoms. The Kier molecular flexibility index (Phi) is 3.14. The minimum atomic E-state index is 0.180. The molecule has 2 N–H and O–H groups in total.